The number of carbonyl (C=O) groups excluding carboxylic acids is 1. The number of nitrogens with two attached hydrogens (primary N) is 1. The second kappa shape index (κ2) is 7.64. The Morgan fingerprint density at radius 1 is 0.852 bits per heavy atom. The summed E-state index contributed by atoms with van der Waals surface area (Å²) in [6, 6.07) is 24.4. The summed E-state index contributed by atoms with van der Waals surface area (Å²) in [4.78, 5) is 12.2. The summed E-state index contributed by atoms with van der Waals surface area (Å²) < 4.78 is 5.55. The zero-order chi connectivity index (χ0) is 18.6. The SMILES string of the molecule is NCc1ccccc1CNC(=O)OCC1c2ccccc2-c2ccccc21. The maximum atomic E-state index is 12.2. The smallest absolute Gasteiger partial charge is 0.407 e. The number of benzene rings is 3. The highest BCUT2D eigenvalue weighted by molar-refractivity contribution is 5.79. The van der Waals surface area contributed by atoms with Gasteiger partial charge in [-0.2, -0.15) is 0 Å². The first-order valence-corrected chi connectivity index (χ1v) is 9.13. The Bertz CT molecular complexity index is 922. The molecule has 1 aliphatic rings. The molecule has 3 aromatic carbocycles. The van der Waals surface area contributed by atoms with E-state index in [1.54, 1.807) is 0 Å². The molecule has 0 bridgehead atoms. The van der Waals surface area contributed by atoms with Gasteiger partial charge in [0.05, 0.1) is 0 Å². The molecule has 4 heteroatoms. The second-order valence-electron chi connectivity index (χ2n) is 6.65. The van der Waals surface area contributed by atoms with E-state index in [1.165, 1.54) is 22.3 Å². The van der Waals surface area contributed by atoms with Crippen LogP contribution in [0.15, 0.2) is 72.8 Å². The normalized spacial score (nSPS) is 12.3. The van der Waals surface area contributed by atoms with Crippen LogP contribution in [0.5, 0.6) is 0 Å². The van der Waals surface area contributed by atoms with Crippen LogP contribution in [-0.2, 0) is 17.8 Å². The van der Waals surface area contributed by atoms with Crippen molar-refractivity contribution in [1.29, 1.82) is 0 Å². The third kappa shape index (κ3) is 3.44. The van der Waals surface area contributed by atoms with Gasteiger partial charge in [0, 0.05) is 19.0 Å². The van der Waals surface area contributed by atoms with Crippen LogP contribution in [0.2, 0.25) is 0 Å². The molecule has 0 heterocycles. The van der Waals surface area contributed by atoms with E-state index >= 15 is 0 Å². The molecule has 0 aliphatic heterocycles. The van der Waals surface area contributed by atoms with Gasteiger partial charge in [0.25, 0.3) is 0 Å². The second-order valence-corrected chi connectivity index (χ2v) is 6.65. The molecule has 0 spiro atoms. The van der Waals surface area contributed by atoms with Crippen LogP contribution in [-0.4, -0.2) is 12.7 Å². The Morgan fingerprint density at radius 2 is 1.41 bits per heavy atom. The molecule has 27 heavy (non-hydrogen) atoms. The van der Waals surface area contributed by atoms with Crippen LogP contribution in [0.25, 0.3) is 11.1 Å². The van der Waals surface area contributed by atoms with Crippen LogP contribution in [0.1, 0.15) is 28.2 Å². The van der Waals surface area contributed by atoms with E-state index in [0.717, 1.165) is 11.1 Å². The number of carbonyl (C=O) groups is 1. The van der Waals surface area contributed by atoms with Gasteiger partial charge in [-0.3, -0.25) is 0 Å². The van der Waals surface area contributed by atoms with Gasteiger partial charge in [-0.25, -0.2) is 4.79 Å². The summed E-state index contributed by atoms with van der Waals surface area (Å²) in [5.41, 5.74) is 12.6. The molecular formula is C23H22N2O2. The Labute approximate surface area is 159 Å². The molecule has 4 rings (SSSR count). The quantitative estimate of drug-likeness (QED) is 0.719. The molecule has 0 saturated heterocycles. The number of hydrogen-bond acceptors (Lipinski definition) is 3. The lowest BCUT2D eigenvalue weighted by atomic mass is 9.98. The van der Waals surface area contributed by atoms with Crippen LogP contribution in [0, 0.1) is 0 Å². The highest BCUT2D eigenvalue weighted by atomic mass is 16.5. The lowest BCUT2D eigenvalue weighted by Crippen LogP contribution is -2.26. The van der Waals surface area contributed by atoms with E-state index in [4.69, 9.17) is 10.5 Å². The predicted octanol–water partition coefficient (Wildman–Crippen LogP) is 4.18. The summed E-state index contributed by atoms with van der Waals surface area (Å²) in [6.07, 6.45) is -0.413. The van der Waals surface area contributed by atoms with Crippen LogP contribution in [0.3, 0.4) is 0 Å². The van der Waals surface area contributed by atoms with Gasteiger partial charge in [-0.1, -0.05) is 72.8 Å². The molecule has 0 radical (unpaired) electrons. The molecule has 1 amide bonds. The van der Waals surface area contributed by atoms with Gasteiger partial charge in [0.2, 0.25) is 0 Å². The van der Waals surface area contributed by atoms with Gasteiger partial charge >= 0.3 is 6.09 Å². The van der Waals surface area contributed by atoms with Crippen molar-refractivity contribution in [2.24, 2.45) is 5.73 Å². The zero-order valence-corrected chi connectivity index (χ0v) is 15.0. The summed E-state index contributed by atoms with van der Waals surface area (Å²) in [5.74, 6) is 0.0690. The predicted molar refractivity (Wildman–Crippen MR) is 106 cm³/mol. The topological polar surface area (TPSA) is 64.3 Å². The van der Waals surface area contributed by atoms with E-state index in [0.29, 0.717) is 19.7 Å². The molecule has 3 aromatic rings. The zero-order valence-electron chi connectivity index (χ0n) is 15.0. The van der Waals surface area contributed by atoms with Crippen molar-refractivity contribution >= 4 is 6.09 Å². The van der Waals surface area contributed by atoms with Crippen molar-refractivity contribution in [3.8, 4) is 11.1 Å². The maximum Gasteiger partial charge on any atom is 0.407 e. The minimum absolute atomic E-state index is 0.0690. The Balaban J connectivity index is 1.42. The third-order valence-electron chi connectivity index (χ3n) is 5.11. The first-order chi connectivity index (χ1) is 13.3. The summed E-state index contributed by atoms with van der Waals surface area (Å²) in [6.45, 7) is 1.17. The molecule has 136 valence electrons. The molecule has 0 saturated carbocycles. The standard InChI is InChI=1S/C23H22N2O2/c24-13-16-7-1-2-8-17(16)14-25-23(26)27-15-22-20-11-5-3-9-18(20)19-10-4-6-12-21(19)22/h1-12,22H,13-15,24H2,(H,25,26). The fraction of sp³-hybridized carbons (Fsp3) is 0.174. The number of alkyl carbamates (subject to hydrolysis) is 1. The van der Waals surface area contributed by atoms with Crippen LogP contribution in [0.4, 0.5) is 4.79 Å². The van der Waals surface area contributed by atoms with Crippen molar-refractivity contribution in [3.63, 3.8) is 0 Å². The number of ether oxygens (including phenoxy) is 1. The molecule has 0 unspecified atom stereocenters. The monoisotopic (exact) mass is 358 g/mol. The lowest BCUT2D eigenvalue weighted by Gasteiger charge is -2.15. The van der Waals surface area contributed by atoms with Gasteiger partial charge in [-0.05, 0) is 33.4 Å². The van der Waals surface area contributed by atoms with E-state index in [-0.39, 0.29) is 5.92 Å². The first-order valence-electron chi connectivity index (χ1n) is 9.13. The number of nitrogens with one attached hydrogen (secondary N) is 1. The molecule has 0 aromatic heterocycles. The number of fused-ring (bicyclic) bond motifs is 3. The highest BCUT2D eigenvalue weighted by Crippen LogP contribution is 2.44. The molecule has 4 nitrogen and oxygen atoms in total. The third-order valence-corrected chi connectivity index (χ3v) is 5.11. The Kier molecular flexibility index (Phi) is 4.90. The summed E-state index contributed by atoms with van der Waals surface area (Å²) in [5, 5.41) is 2.83. The maximum absolute atomic E-state index is 12.2. The molecule has 0 atom stereocenters. The summed E-state index contributed by atoms with van der Waals surface area (Å²) in [7, 11) is 0. The number of rotatable bonds is 5. The van der Waals surface area contributed by atoms with E-state index < -0.39 is 6.09 Å². The van der Waals surface area contributed by atoms with Crippen LogP contribution >= 0.6 is 0 Å². The van der Waals surface area contributed by atoms with E-state index in [2.05, 4.69) is 29.6 Å². The molecule has 3 N–H and O–H groups in total. The van der Waals surface area contributed by atoms with Crippen LogP contribution < -0.4 is 11.1 Å². The van der Waals surface area contributed by atoms with Gasteiger partial charge in [0.1, 0.15) is 6.61 Å². The minimum Gasteiger partial charge on any atom is -0.449 e. The molecule has 1 aliphatic carbocycles. The fourth-order valence-electron chi connectivity index (χ4n) is 3.75. The number of hydrogen-bond donors (Lipinski definition) is 2. The van der Waals surface area contributed by atoms with Crippen molar-refractivity contribution < 1.29 is 9.53 Å². The Hall–Kier alpha value is -3.11. The summed E-state index contributed by atoms with van der Waals surface area (Å²) >= 11 is 0. The highest BCUT2D eigenvalue weighted by Gasteiger charge is 2.28. The number of amides is 1. The first kappa shape index (κ1) is 17.3. The molecule has 0 fully saturated rings. The van der Waals surface area contributed by atoms with Crippen molar-refractivity contribution in [3.05, 3.63) is 95.1 Å². The van der Waals surface area contributed by atoms with Gasteiger partial charge in [-0.15, -0.1) is 0 Å². The van der Waals surface area contributed by atoms with Gasteiger partial charge < -0.3 is 15.8 Å². The fourth-order valence-corrected chi connectivity index (χ4v) is 3.75. The van der Waals surface area contributed by atoms with Crippen molar-refractivity contribution in [1.82, 2.24) is 5.32 Å². The van der Waals surface area contributed by atoms with E-state index in [1.807, 2.05) is 48.5 Å². The van der Waals surface area contributed by atoms with E-state index in [9.17, 15) is 4.79 Å². The average molecular weight is 358 g/mol. The van der Waals surface area contributed by atoms with Crippen molar-refractivity contribution in [2.75, 3.05) is 6.61 Å². The molecular weight excluding hydrogens is 336 g/mol. The largest absolute Gasteiger partial charge is 0.449 e. The lowest BCUT2D eigenvalue weighted by molar-refractivity contribution is 0.142. The van der Waals surface area contributed by atoms with Gasteiger partial charge in [0.15, 0.2) is 0 Å². The minimum atomic E-state index is -0.413. The Morgan fingerprint density at radius 3 is 2.04 bits per heavy atom. The van der Waals surface area contributed by atoms with Crippen molar-refractivity contribution in [2.45, 2.75) is 19.0 Å². The average Bonchev–Trinajstić information content (AvgIpc) is 3.05.